The minimum absolute atomic E-state index is 0.0678. The van der Waals surface area contributed by atoms with E-state index < -0.39 is 10.3 Å². The first-order valence-corrected chi connectivity index (χ1v) is 5.70. The summed E-state index contributed by atoms with van der Waals surface area (Å²) in [4.78, 5) is 21.9. The lowest BCUT2D eigenvalue weighted by Crippen LogP contribution is -2.26. The number of hydrogen-bond acceptors (Lipinski definition) is 4. The fourth-order valence-electron chi connectivity index (χ4n) is 1.14. The Morgan fingerprint density at radius 2 is 2.06 bits per heavy atom. The molecule has 0 radical (unpaired) electrons. The molecule has 0 saturated heterocycles. The molecule has 0 aliphatic carbocycles. The quantitative estimate of drug-likeness (QED) is 0.623. The zero-order valence-electron chi connectivity index (χ0n) is 10.4. The summed E-state index contributed by atoms with van der Waals surface area (Å²) in [5, 5.41) is 10.9. The zero-order valence-corrected chi connectivity index (χ0v) is 11.2. The fourth-order valence-corrected chi connectivity index (χ4v) is 1.36. The van der Waals surface area contributed by atoms with Gasteiger partial charge in [0.15, 0.2) is 5.78 Å². The average molecular weight is 272 g/mol. The topological polar surface area (TPSA) is 69.4 Å². The van der Waals surface area contributed by atoms with Crippen LogP contribution >= 0.6 is 11.6 Å². The maximum Gasteiger partial charge on any atom is 0.312 e. The van der Waals surface area contributed by atoms with Crippen molar-refractivity contribution in [1.82, 2.24) is 0 Å². The van der Waals surface area contributed by atoms with Gasteiger partial charge in [-0.2, -0.15) is 0 Å². The van der Waals surface area contributed by atoms with Crippen LogP contribution in [0.5, 0.6) is 5.75 Å². The second-order valence-electron chi connectivity index (χ2n) is 4.81. The summed E-state index contributed by atoms with van der Waals surface area (Å²) in [6.07, 6.45) is 0. The van der Waals surface area contributed by atoms with Gasteiger partial charge < -0.3 is 4.74 Å². The van der Waals surface area contributed by atoms with Gasteiger partial charge in [-0.05, 0) is 6.07 Å². The molecule has 5 nitrogen and oxygen atoms in total. The first kappa shape index (κ1) is 14.4. The first-order chi connectivity index (χ1) is 8.23. The molecule has 98 valence electrons. The summed E-state index contributed by atoms with van der Waals surface area (Å²) in [6, 6.07) is 4.22. The van der Waals surface area contributed by atoms with E-state index in [0.29, 0.717) is 0 Å². The Morgan fingerprint density at radius 1 is 1.44 bits per heavy atom. The summed E-state index contributed by atoms with van der Waals surface area (Å²) in [7, 11) is 0. The van der Waals surface area contributed by atoms with Crippen LogP contribution in [0.3, 0.4) is 0 Å². The predicted octanol–water partition coefficient (Wildman–Crippen LogP) is 3.24. The van der Waals surface area contributed by atoms with Crippen LogP contribution in [-0.2, 0) is 4.79 Å². The van der Waals surface area contributed by atoms with Gasteiger partial charge in [-0.15, -0.1) is 0 Å². The molecule has 1 aromatic carbocycles. The lowest BCUT2D eigenvalue weighted by molar-refractivity contribution is -0.385. The van der Waals surface area contributed by atoms with Crippen LogP contribution in [0.1, 0.15) is 20.8 Å². The summed E-state index contributed by atoms with van der Waals surface area (Å²) >= 11 is 5.83. The van der Waals surface area contributed by atoms with Gasteiger partial charge in [0.05, 0.1) is 9.95 Å². The largest absolute Gasteiger partial charge is 0.478 e. The molecule has 0 aromatic heterocycles. The molecule has 0 aliphatic rings. The van der Waals surface area contributed by atoms with Crippen molar-refractivity contribution in [3.8, 4) is 5.75 Å². The van der Waals surface area contributed by atoms with Gasteiger partial charge in [-0.25, -0.2) is 0 Å². The van der Waals surface area contributed by atoms with Gasteiger partial charge in [0.25, 0.3) is 0 Å². The van der Waals surface area contributed by atoms with Gasteiger partial charge in [0, 0.05) is 11.5 Å². The third-order valence-electron chi connectivity index (χ3n) is 2.33. The lowest BCUT2D eigenvalue weighted by atomic mass is 9.91. The summed E-state index contributed by atoms with van der Waals surface area (Å²) < 4.78 is 5.19. The standard InChI is InChI=1S/C12H14ClNO4/c1-12(2,3)10(15)7-18-11-8(13)5-4-6-9(11)14(16)17/h4-6H,7H2,1-3H3. The molecule has 0 bridgehead atoms. The number of hydrogen-bond donors (Lipinski definition) is 0. The van der Waals surface area contributed by atoms with Crippen LogP contribution < -0.4 is 4.74 Å². The molecule has 0 atom stereocenters. The van der Waals surface area contributed by atoms with Crippen LogP contribution in [0.25, 0.3) is 0 Å². The van der Waals surface area contributed by atoms with Gasteiger partial charge in [-0.3, -0.25) is 14.9 Å². The van der Waals surface area contributed by atoms with E-state index in [2.05, 4.69) is 0 Å². The Labute approximate surface area is 110 Å². The molecule has 0 saturated carbocycles. The molecule has 0 heterocycles. The Hall–Kier alpha value is -1.62. The highest BCUT2D eigenvalue weighted by atomic mass is 35.5. The maximum atomic E-state index is 11.7. The Balaban J connectivity index is 2.92. The summed E-state index contributed by atoms with van der Waals surface area (Å²) in [5.74, 6) is -0.224. The number of halogens is 1. The van der Waals surface area contributed by atoms with E-state index >= 15 is 0 Å². The number of nitro benzene ring substituents is 1. The van der Waals surface area contributed by atoms with E-state index in [4.69, 9.17) is 16.3 Å². The second kappa shape index (κ2) is 5.35. The molecular formula is C12H14ClNO4. The van der Waals surface area contributed by atoms with E-state index in [1.54, 1.807) is 20.8 Å². The van der Waals surface area contributed by atoms with Gasteiger partial charge in [-0.1, -0.05) is 38.4 Å². The van der Waals surface area contributed by atoms with Crippen molar-refractivity contribution in [2.24, 2.45) is 5.41 Å². The molecule has 6 heteroatoms. The van der Waals surface area contributed by atoms with Crippen molar-refractivity contribution >= 4 is 23.1 Å². The Bertz CT molecular complexity index is 479. The normalized spacial score (nSPS) is 11.1. The Kier molecular flexibility index (Phi) is 4.29. The number of benzene rings is 1. The number of carbonyl (C=O) groups excluding carboxylic acids is 1. The third-order valence-corrected chi connectivity index (χ3v) is 2.62. The van der Waals surface area contributed by atoms with Gasteiger partial charge in [0.2, 0.25) is 5.75 Å². The van der Waals surface area contributed by atoms with Crippen molar-refractivity contribution in [2.75, 3.05) is 6.61 Å². The molecule has 0 unspecified atom stereocenters. The number of para-hydroxylation sites is 1. The monoisotopic (exact) mass is 271 g/mol. The number of rotatable bonds is 4. The molecule has 0 aliphatic heterocycles. The van der Waals surface area contributed by atoms with Crippen LogP contribution in [0.15, 0.2) is 18.2 Å². The van der Waals surface area contributed by atoms with Gasteiger partial charge >= 0.3 is 5.69 Å². The summed E-state index contributed by atoms with van der Waals surface area (Å²) in [6.45, 7) is 5.01. The first-order valence-electron chi connectivity index (χ1n) is 5.32. The van der Waals surface area contributed by atoms with Crippen LogP contribution in [0.2, 0.25) is 5.02 Å². The van der Waals surface area contributed by atoms with Crippen molar-refractivity contribution in [3.63, 3.8) is 0 Å². The molecule has 0 N–H and O–H groups in total. The average Bonchev–Trinajstić information content (AvgIpc) is 2.25. The number of nitrogens with zero attached hydrogens (tertiary/aromatic N) is 1. The minimum atomic E-state index is -0.594. The zero-order chi connectivity index (χ0) is 13.9. The van der Waals surface area contributed by atoms with Crippen molar-refractivity contribution in [2.45, 2.75) is 20.8 Å². The molecule has 18 heavy (non-hydrogen) atoms. The van der Waals surface area contributed by atoms with Crippen LogP contribution in [-0.4, -0.2) is 17.3 Å². The smallest absolute Gasteiger partial charge is 0.312 e. The Morgan fingerprint density at radius 3 is 2.56 bits per heavy atom. The fraction of sp³-hybridized carbons (Fsp3) is 0.417. The number of ketones is 1. The van der Waals surface area contributed by atoms with Crippen molar-refractivity contribution in [3.05, 3.63) is 33.3 Å². The number of ether oxygens (including phenoxy) is 1. The SMILES string of the molecule is CC(C)(C)C(=O)COc1c(Cl)cccc1[N+](=O)[O-]. The third kappa shape index (κ3) is 3.43. The number of carbonyl (C=O) groups is 1. The van der Waals surface area contributed by atoms with E-state index in [-0.39, 0.29) is 28.8 Å². The van der Waals surface area contributed by atoms with E-state index in [1.165, 1.54) is 18.2 Å². The van der Waals surface area contributed by atoms with E-state index in [0.717, 1.165) is 0 Å². The highest BCUT2D eigenvalue weighted by Gasteiger charge is 2.24. The molecule has 0 spiro atoms. The van der Waals surface area contributed by atoms with E-state index in [1.807, 2.05) is 0 Å². The predicted molar refractivity (Wildman–Crippen MR) is 68.1 cm³/mol. The maximum absolute atomic E-state index is 11.7. The molecule has 0 fully saturated rings. The second-order valence-corrected chi connectivity index (χ2v) is 5.21. The molecule has 1 rings (SSSR count). The van der Waals surface area contributed by atoms with Crippen LogP contribution in [0, 0.1) is 15.5 Å². The van der Waals surface area contributed by atoms with Crippen LogP contribution in [0.4, 0.5) is 5.69 Å². The van der Waals surface area contributed by atoms with Crippen molar-refractivity contribution < 1.29 is 14.5 Å². The number of nitro groups is 1. The number of Topliss-reactive ketones (excluding diaryl/α,β-unsaturated/α-hetero) is 1. The lowest BCUT2D eigenvalue weighted by Gasteiger charge is -2.17. The highest BCUT2D eigenvalue weighted by Crippen LogP contribution is 2.34. The van der Waals surface area contributed by atoms with Gasteiger partial charge in [0.1, 0.15) is 6.61 Å². The van der Waals surface area contributed by atoms with Crippen molar-refractivity contribution in [1.29, 1.82) is 0 Å². The summed E-state index contributed by atoms with van der Waals surface area (Å²) in [5.41, 5.74) is -0.806. The van der Waals surface area contributed by atoms with E-state index in [9.17, 15) is 14.9 Å². The highest BCUT2D eigenvalue weighted by molar-refractivity contribution is 6.32. The minimum Gasteiger partial charge on any atom is -0.478 e. The molecular weight excluding hydrogens is 258 g/mol. The molecule has 0 amide bonds. The molecule has 1 aromatic rings.